The van der Waals surface area contributed by atoms with Gasteiger partial charge in [-0.25, -0.2) is 0 Å². The first-order chi connectivity index (χ1) is 13.3. The van der Waals surface area contributed by atoms with E-state index in [0.29, 0.717) is 35.8 Å². The van der Waals surface area contributed by atoms with E-state index < -0.39 is 0 Å². The van der Waals surface area contributed by atoms with Gasteiger partial charge in [-0.05, 0) is 49.1 Å². The summed E-state index contributed by atoms with van der Waals surface area (Å²) in [5, 5.41) is 0.808. The SMILES string of the molecule is c1cc2c(cc1-c1nc(OCC3CC3)nc3ccc4c(c13)OCO4)OCO2. The molecule has 0 radical (unpaired) electrons. The molecule has 0 bridgehead atoms. The van der Waals surface area contributed by atoms with Crippen molar-refractivity contribution in [3.05, 3.63) is 30.3 Å². The zero-order chi connectivity index (χ0) is 17.8. The molecule has 7 heteroatoms. The van der Waals surface area contributed by atoms with Gasteiger partial charge >= 0.3 is 6.01 Å². The van der Waals surface area contributed by atoms with Gasteiger partial charge in [0.05, 0.1) is 23.2 Å². The second kappa shape index (κ2) is 5.64. The smallest absolute Gasteiger partial charge is 0.317 e. The van der Waals surface area contributed by atoms with Crippen LogP contribution in [0.3, 0.4) is 0 Å². The molecule has 2 aromatic carbocycles. The van der Waals surface area contributed by atoms with Crippen LogP contribution in [-0.4, -0.2) is 30.2 Å². The third-order valence-corrected chi connectivity index (χ3v) is 4.97. The zero-order valence-corrected chi connectivity index (χ0v) is 14.4. The number of fused-ring (bicyclic) bond motifs is 4. The monoisotopic (exact) mass is 364 g/mol. The minimum atomic E-state index is 0.189. The Morgan fingerprint density at radius 2 is 1.70 bits per heavy atom. The van der Waals surface area contributed by atoms with Crippen molar-refractivity contribution in [1.82, 2.24) is 9.97 Å². The third-order valence-electron chi connectivity index (χ3n) is 4.97. The van der Waals surface area contributed by atoms with Crippen molar-refractivity contribution in [3.63, 3.8) is 0 Å². The van der Waals surface area contributed by atoms with Crippen LogP contribution in [0.5, 0.6) is 29.0 Å². The average molecular weight is 364 g/mol. The van der Waals surface area contributed by atoms with Crippen LogP contribution in [0.4, 0.5) is 0 Å². The summed E-state index contributed by atoms with van der Waals surface area (Å²) in [4.78, 5) is 9.29. The molecule has 27 heavy (non-hydrogen) atoms. The van der Waals surface area contributed by atoms with Gasteiger partial charge in [0.1, 0.15) is 0 Å². The lowest BCUT2D eigenvalue weighted by atomic mass is 10.0. The molecule has 136 valence electrons. The molecular weight excluding hydrogens is 348 g/mol. The molecule has 0 N–H and O–H groups in total. The summed E-state index contributed by atoms with van der Waals surface area (Å²) in [6, 6.07) is 9.91. The molecule has 1 saturated carbocycles. The predicted molar refractivity (Wildman–Crippen MR) is 95.4 cm³/mol. The number of hydrogen-bond donors (Lipinski definition) is 0. The van der Waals surface area contributed by atoms with Crippen molar-refractivity contribution in [1.29, 1.82) is 0 Å². The van der Waals surface area contributed by atoms with Gasteiger partial charge in [0.15, 0.2) is 23.0 Å². The maximum Gasteiger partial charge on any atom is 0.317 e. The molecule has 2 aliphatic heterocycles. The molecule has 0 spiro atoms. The molecule has 1 aliphatic carbocycles. The number of benzene rings is 2. The summed E-state index contributed by atoms with van der Waals surface area (Å²) in [6.45, 7) is 1.07. The molecule has 1 fully saturated rings. The molecule has 0 atom stereocenters. The van der Waals surface area contributed by atoms with Gasteiger partial charge < -0.3 is 23.7 Å². The van der Waals surface area contributed by atoms with Gasteiger partial charge in [0, 0.05) is 5.56 Å². The highest BCUT2D eigenvalue weighted by molar-refractivity contribution is 5.99. The molecule has 7 nitrogen and oxygen atoms in total. The predicted octanol–water partition coefficient (Wildman–Crippen LogP) is 3.54. The van der Waals surface area contributed by atoms with Crippen molar-refractivity contribution in [2.45, 2.75) is 12.8 Å². The lowest BCUT2D eigenvalue weighted by Gasteiger charge is -2.12. The number of rotatable bonds is 4. The molecule has 3 aliphatic rings. The molecule has 0 saturated heterocycles. The number of hydrogen-bond acceptors (Lipinski definition) is 7. The van der Waals surface area contributed by atoms with E-state index in [1.54, 1.807) is 0 Å². The minimum absolute atomic E-state index is 0.189. The lowest BCUT2D eigenvalue weighted by Crippen LogP contribution is -2.04. The summed E-state index contributed by atoms with van der Waals surface area (Å²) < 4.78 is 28.1. The van der Waals surface area contributed by atoms with Crippen LogP contribution in [0, 0.1) is 5.92 Å². The van der Waals surface area contributed by atoms with Crippen LogP contribution < -0.4 is 23.7 Å². The van der Waals surface area contributed by atoms with E-state index in [1.165, 1.54) is 12.8 Å². The van der Waals surface area contributed by atoms with E-state index in [1.807, 2.05) is 30.3 Å². The van der Waals surface area contributed by atoms with Crippen molar-refractivity contribution < 1.29 is 23.7 Å². The van der Waals surface area contributed by atoms with Crippen molar-refractivity contribution in [3.8, 4) is 40.3 Å². The second-order valence-corrected chi connectivity index (χ2v) is 6.87. The van der Waals surface area contributed by atoms with Crippen LogP contribution in [0.15, 0.2) is 30.3 Å². The highest BCUT2D eigenvalue weighted by atomic mass is 16.7. The highest BCUT2D eigenvalue weighted by Crippen LogP contribution is 2.45. The van der Waals surface area contributed by atoms with Crippen LogP contribution in [0.2, 0.25) is 0 Å². The first-order valence-corrected chi connectivity index (χ1v) is 8.98. The van der Waals surface area contributed by atoms with Gasteiger partial charge in [-0.2, -0.15) is 9.97 Å². The Hall–Kier alpha value is -3.22. The summed E-state index contributed by atoms with van der Waals surface area (Å²) in [6.07, 6.45) is 2.42. The van der Waals surface area contributed by atoms with Crippen molar-refractivity contribution >= 4 is 10.9 Å². The van der Waals surface area contributed by atoms with E-state index in [2.05, 4.69) is 4.98 Å². The Morgan fingerprint density at radius 1 is 0.889 bits per heavy atom. The second-order valence-electron chi connectivity index (χ2n) is 6.87. The fraction of sp³-hybridized carbons (Fsp3) is 0.300. The summed E-state index contributed by atoms with van der Waals surface area (Å²) in [7, 11) is 0. The van der Waals surface area contributed by atoms with Crippen molar-refractivity contribution in [2.75, 3.05) is 20.2 Å². The highest BCUT2D eigenvalue weighted by Gasteiger charge is 2.26. The topological polar surface area (TPSA) is 71.9 Å². The largest absolute Gasteiger partial charge is 0.463 e. The molecular formula is C20H16N2O5. The number of ether oxygens (including phenoxy) is 5. The fourth-order valence-corrected chi connectivity index (χ4v) is 3.36. The van der Waals surface area contributed by atoms with Gasteiger partial charge in [0.2, 0.25) is 13.6 Å². The van der Waals surface area contributed by atoms with Crippen LogP contribution in [0.25, 0.3) is 22.2 Å². The number of aromatic nitrogens is 2. The van der Waals surface area contributed by atoms with E-state index in [0.717, 1.165) is 27.9 Å². The van der Waals surface area contributed by atoms with Crippen LogP contribution in [0.1, 0.15) is 12.8 Å². The standard InChI is InChI=1S/C20H16N2O5/c1-2-11(1)8-23-20-21-13-4-6-15-19(27-10-25-15)17(13)18(22-20)12-3-5-14-16(7-12)26-9-24-14/h3-7,11H,1-2,8-10H2. The Kier molecular flexibility index (Phi) is 3.11. The van der Waals surface area contributed by atoms with E-state index in [9.17, 15) is 0 Å². The third kappa shape index (κ3) is 2.50. The van der Waals surface area contributed by atoms with Gasteiger partial charge in [-0.3, -0.25) is 0 Å². The van der Waals surface area contributed by atoms with Crippen LogP contribution >= 0.6 is 0 Å². The zero-order valence-electron chi connectivity index (χ0n) is 14.4. The average Bonchev–Trinajstić information content (AvgIpc) is 3.20. The normalized spacial score (nSPS) is 16.7. The van der Waals surface area contributed by atoms with E-state index >= 15 is 0 Å². The molecule has 1 aromatic heterocycles. The summed E-state index contributed by atoms with van der Waals surface area (Å²) in [5.74, 6) is 3.40. The maximum absolute atomic E-state index is 5.86. The Balaban J connectivity index is 1.54. The molecule has 3 aromatic rings. The minimum Gasteiger partial charge on any atom is -0.463 e. The van der Waals surface area contributed by atoms with Crippen molar-refractivity contribution in [2.24, 2.45) is 5.92 Å². The quantitative estimate of drug-likeness (QED) is 0.701. The van der Waals surface area contributed by atoms with Gasteiger partial charge in [0.25, 0.3) is 0 Å². The lowest BCUT2D eigenvalue weighted by molar-refractivity contribution is 0.174. The Morgan fingerprint density at radius 3 is 2.63 bits per heavy atom. The Labute approximate surface area is 154 Å². The molecule has 6 rings (SSSR count). The first kappa shape index (κ1) is 14.9. The van der Waals surface area contributed by atoms with E-state index in [4.69, 9.17) is 28.7 Å². The number of nitrogens with zero attached hydrogens (tertiary/aromatic N) is 2. The maximum atomic E-state index is 5.86. The fourth-order valence-electron chi connectivity index (χ4n) is 3.36. The summed E-state index contributed by atoms with van der Waals surface area (Å²) >= 11 is 0. The van der Waals surface area contributed by atoms with E-state index in [-0.39, 0.29) is 13.6 Å². The van der Waals surface area contributed by atoms with Gasteiger partial charge in [-0.1, -0.05) is 0 Å². The molecule has 3 heterocycles. The summed E-state index contributed by atoms with van der Waals surface area (Å²) in [5.41, 5.74) is 2.37. The van der Waals surface area contributed by atoms with Crippen LogP contribution in [-0.2, 0) is 0 Å². The molecule has 0 amide bonds. The Bertz CT molecular complexity index is 1060. The molecule has 0 unspecified atom stereocenters. The first-order valence-electron chi connectivity index (χ1n) is 8.98. The van der Waals surface area contributed by atoms with Gasteiger partial charge in [-0.15, -0.1) is 0 Å².